The first-order chi connectivity index (χ1) is 7.08. The van der Waals surface area contributed by atoms with Crippen molar-refractivity contribution in [2.75, 3.05) is 13.1 Å². The number of halogens is 2. The third-order valence-corrected chi connectivity index (χ3v) is 2.87. The Morgan fingerprint density at radius 1 is 1.40 bits per heavy atom. The lowest BCUT2D eigenvalue weighted by Gasteiger charge is -2.36. The zero-order valence-corrected chi connectivity index (χ0v) is 9.29. The van der Waals surface area contributed by atoms with Crippen LogP contribution in [0.2, 0.25) is 10.0 Å². The molecule has 0 aromatic heterocycles. The third kappa shape index (κ3) is 2.09. The van der Waals surface area contributed by atoms with E-state index in [4.69, 9.17) is 28.3 Å². The van der Waals surface area contributed by atoms with Crippen molar-refractivity contribution in [2.24, 2.45) is 0 Å². The van der Waals surface area contributed by atoms with Gasteiger partial charge in [0, 0.05) is 18.1 Å². The number of β-amino-alcohol motifs (C(OH)–C–C–N with tert-alkyl or cyclic N) is 1. The Kier molecular flexibility index (Phi) is 2.87. The van der Waals surface area contributed by atoms with Crippen molar-refractivity contribution in [1.29, 1.82) is 0 Å². The second kappa shape index (κ2) is 4.00. The highest BCUT2D eigenvalue weighted by molar-refractivity contribution is 6.35. The van der Waals surface area contributed by atoms with Gasteiger partial charge in [-0.05, 0) is 18.2 Å². The van der Waals surface area contributed by atoms with E-state index in [9.17, 15) is 4.79 Å². The molecular weight excluding hydrogens is 237 g/mol. The van der Waals surface area contributed by atoms with Crippen LogP contribution in [0.5, 0.6) is 0 Å². The van der Waals surface area contributed by atoms with Crippen LogP contribution in [0.1, 0.15) is 10.4 Å². The second-order valence-corrected chi connectivity index (χ2v) is 4.33. The zero-order valence-electron chi connectivity index (χ0n) is 7.78. The van der Waals surface area contributed by atoms with Crippen LogP contribution in [0.4, 0.5) is 0 Å². The van der Waals surface area contributed by atoms with Crippen LogP contribution in [0.15, 0.2) is 18.2 Å². The van der Waals surface area contributed by atoms with E-state index in [0.717, 1.165) is 0 Å². The lowest BCUT2D eigenvalue weighted by Crippen LogP contribution is -2.53. The summed E-state index contributed by atoms with van der Waals surface area (Å²) in [5.41, 5.74) is 0.385. The van der Waals surface area contributed by atoms with Crippen molar-refractivity contribution in [3.8, 4) is 0 Å². The van der Waals surface area contributed by atoms with E-state index >= 15 is 0 Å². The lowest BCUT2D eigenvalue weighted by molar-refractivity contribution is 0.00590. The molecule has 0 saturated carbocycles. The normalized spacial score (nSPS) is 16.3. The van der Waals surface area contributed by atoms with E-state index in [2.05, 4.69) is 0 Å². The van der Waals surface area contributed by atoms with Gasteiger partial charge in [0.2, 0.25) is 0 Å². The Morgan fingerprint density at radius 2 is 2.07 bits per heavy atom. The first-order valence-corrected chi connectivity index (χ1v) is 5.26. The van der Waals surface area contributed by atoms with E-state index in [1.807, 2.05) is 0 Å². The largest absolute Gasteiger partial charge is 0.389 e. The molecule has 1 N–H and O–H groups in total. The van der Waals surface area contributed by atoms with Gasteiger partial charge < -0.3 is 10.0 Å². The molecule has 0 radical (unpaired) electrons. The van der Waals surface area contributed by atoms with Crippen molar-refractivity contribution in [3.05, 3.63) is 33.8 Å². The molecule has 0 atom stereocenters. The molecule has 0 unspecified atom stereocenters. The molecule has 0 spiro atoms. The molecule has 1 aliphatic heterocycles. The summed E-state index contributed by atoms with van der Waals surface area (Å²) in [5.74, 6) is -0.187. The number of aliphatic hydroxyl groups is 1. The Balaban J connectivity index is 2.22. The van der Waals surface area contributed by atoms with E-state index in [1.165, 1.54) is 11.0 Å². The third-order valence-electron chi connectivity index (χ3n) is 2.31. The average Bonchev–Trinajstić information content (AvgIpc) is 2.16. The van der Waals surface area contributed by atoms with Gasteiger partial charge in [0.05, 0.1) is 16.7 Å². The maximum Gasteiger partial charge on any atom is 0.255 e. The van der Waals surface area contributed by atoms with Gasteiger partial charge in [-0.1, -0.05) is 23.2 Å². The molecule has 80 valence electrons. The molecule has 5 heteroatoms. The summed E-state index contributed by atoms with van der Waals surface area (Å²) in [6, 6.07) is 4.76. The lowest BCUT2D eigenvalue weighted by atomic mass is 10.1. The van der Waals surface area contributed by atoms with Gasteiger partial charge >= 0.3 is 0 Å². The Labute approximate surface area is 97.2 Å². The van der Waals surface area contributed by atoms with Gasteiger partial charge in [-0.3, -0.25) is 4.79 Å². The number of carbonyl (C=O) groups excluding carboxylic acids is 1. The maximum absolute atomic E-state index is 11.8. The predicted molar refractivity (Wildman–Crippen MR) is 58.4 cm³/mol. The summed E-state index contributed by atoms with van der Waals surface area (Å²) in [6.45, 7) is 0.726. The summed E-state index contributed by atoms with van der Waals surface area (Å²) in [6.07, 6.45) is -0.410. The Bertz CT molecular complexity index is 402. The molecule has 1 aromatic rings. The van der Waals surface area contributed by atoms with Crippen molar-refractivity contribution in [2.45, 2.75) is 6.10 Å². The predicted octanol–water partition coefficient (Wildman–Crippen LogP) is 1.81. The molecule has 1 aliphatic rings. The summed E-state index contributed by atoms with van der Waals surface area (Å²) in [7, 11) is 0. The SMILES string of the molecule is O=C(c1cc(Cl)ccc1Cl)N1CC(O)C1. The molecule has 2 rings (SSSR count). The van der Waals surface area contributed by atoms with Gasteiger partial charge in [0.1, 0.15) is 0 Å². The van der Waals surface area contributed by atoms with Gasteiger partial charge in [0.25, 0.3) is 5.91 Å². The molecule has 1 amide bonds. The minimum Gasteiger partial charge on any atom is -0.389 e. The van der Waals surface area contributed by atoms with Gasteiger partial charge in [-0.25, -0.2) is 0 Å². The molecule has 3 nitrogen and oxygen atoms in total. The van der Waals surface area contributed by atoms with Crippen LogP contribution in [0, 0.1) is 0 Å². The fourth-order valence-corrected chi connectivity index (χ4v) is 1.82. The number of amides is 1. The number of benzene rings is 1. The van der Waals surface area contributed by atoms with Crippen LogP contribution >= 0.6 is 23.2 Å². The van der Waals surface area contributed by atoms with Crippen molar-refractivity contribution >= 4 is 29.1 Å². The number of hydrogen-bond acceptors (Lipinski definition) is 2. The smallest absolute Gasteiger partial charge is 0.255 e. The van der Waals surface area contributed by atoms with Gasteiger partial charge in [-0.15, -0.1) is 0 Å². The summed E-state index contributed by atoms with van der Waals surface area (Å²) in [5, 5.41) is 9.94. The van der Waals surface area contributed by atoms with Crippen molar-refractivity contribution in [3.63, 3.8) is 0 Å². The van der Waals surface area contributed by atoms with Crippen LogP contribution in [-0.2, 0) is 0 Å². The van der Waals surface area contributed by atoms with Gasteiger partial charge in [-0.2, -0.15) is 0 Å². The van der Waals surface area contributed by atoms with Crippen molar-refractivity contribution in [1.82, 2.24) is 4.90 Å². The molecular formula is C10H9Cl2NO2. The average molecular weight is 246 g/mol. The number of nitrogens with zero attached hydrogens (tertiary/aromatic N) is 1. The molecule has 1 aromatic carbocycles. The van der Waals surface area contributed by atoms with Crippen LogP contribution in [0.25, 0.3) is 0 Å². The highest BCUT2D eigenvalue weighted by atomic mass is 35.5. The van der Waals surface area contributed by atoms with Crippen LogP contribution in [-0.4, -0.2) is 35.1 Å². The summed E-state index contributed by atoms with van der Waals surface area (Å²) in [4.78, 5) is 13.3. The molecule has 0 bridgehead atoms. The Morgan fingerprint density at radius 3 is 2.67 bits per heavy atom. The first kappa shape index (κ1) is 10.7. The molecule has 1 fully saturated rings. The standard InChI is InChI=1S/C10H9Cl2NO2/c11-6-1-2-9(12)8(3-6)10(15)13-4-7(14)5-13/h1-3,7,14H,4-5H2. The van der Waals surface area contributed by atoms with E-state index in [-0.39, 0.29) is 5.91 Å². The van der Waals surface area contributed by atoms with Crippen molar-refractivity contribution < 1.29 is 9.90 Å². The topological polar surface area (TPSA) is 40.5 Å². The van der Waals surface area contributed by atoms with Crippen LogP contribution in [0.3, 0.4) is 0 Å². The minimum atomic E-state index is -0.410. The number of likely N-dealkylation sites (tertiary alicyclic amines) is 1. The second-order valence-electron chi connectivity index (χ2n) is 3.49. The first-order valence-electron chi connectivity index (χ1n) is 4.50. The number of hydrogen-bond donors (Lipinski definition) is 1. The molecule has 15 heavy (non-hydrogen) atoms. The molecule has 1 saturated heterocycles. The fraction of sp³-hybridized carbons (Fsp3) is 0.300. The minimum absolute atomic E-state index is 0.187. The molecule has 1 heterocycles. The maximum atomic E-state index is 11.8. The van der Waals surface area contributed by atoms with E-state index in [0.29, 0.717) is 28.7 Å². The quantitative estimate of drug-likeness (QED) is 0.820. The monoisotopic (exact) mass is 245 g/mol. The highest BCUT2D eigenvalue weighted by Gasteiger charge is 2.30. The number of carbonyl (C=O) groups is 1. The number of rotatable bonds is 1. The fourth-order valence-electron chi connectivity index (χ4n) is 1.45. The van der Waals surface area contributed by atoms with Gasteiger partial charge in [0.15, 0.2) is 0 Å². The highest BCUT2D eigenvalue weighted by Crippen LogP contribution is 2.23. The summed E-state index contributed by atoms with van der Waals surface area (Å²) < 4.78 is 0. The van der Waals surface area contributed by atoms with Crippen LogP contribution < -0.4 is 0 Å². The van der Waals surface area contributed by atoms with E-state index in [1.54, 1.807) is 12.1 Å². The Hall–Kier alpha value is -0.770. The number of aliphatic hydroxyl groups excluding tert-OH is 1. The summed E-state index contributed by atoms with van der Waals surface area (Å²) >= 11 is 11.7. The molecule has 0 aliphatic carbocycles. The van der Waals surface area contributed by atoms with E-state index < -0.39 is 6.10 Å². The zero-order chi connectivity index (χ0) is 11.0.